The van der Waals surface area contributed by atoms with Crippen LogP contribution in [0.1, 0.15) is 34.8 Å². The van der Waals surface area contributed by atoms with E-state index in [4.69, 9.17) is 0 Å². The number of hydrogen-bond donors (Lipinski definition) is 1. The number of nitrogens with zero attached hydrogens (tertiary/aromatic N) is 5. The van der Waals surface area contributed by atoms with Crippen LogP contribution in [0.25, 0.3) is 4.96 Å². The van der Waals surface area contributed by atoms with Gasteiger partial charge in [-0.3, -0.25) is 9.80 Å². The van der Waals surface area contributed by atoms with E-state index in [1.54, 1.807) is 15.9 Å². The zero-order chi connectivity index (χ0) is 21.2. The second-order valence-electron chi connectivity index (χ2n) is 7.98. The molecule has 5 rings (SSSR count). The Hall–Kier alpha value is -2.74. The van der Waals surface area contributed by atoms with Crippen molar-refractivity contribution in [3.8, 4) is 5.88 Å². The smallest absolute Gasteiger partial charge is 0.230 e. The molecule has 6 nitrogen and oxygen atoms in total. The van der Waals surface area contributed by atoms with Crippen molar-refractivity contribution in [3.05, 3.63) is 82.5 Å². The molecular weight excluding hydrogens is 406 g/mol. The standard InChI is InChI=1S/C24H27N5OS/c1-2-20-25-24-29(26-20)23(30)22(31-24)21(19-11-7-4-8-12-19)28-15-13-27(14-16-28)17-18-9-5-3-6-10-18/h3-12,21,30H,2,13-17H2,1H3. The summed E-state index contributed by atoms with van der Waals surface area (Å²) in [6, 6.07) is 21.1. The van der Waals surface area contributed by atoms with E-state index in [1.165, 1.54) is 11.1 Å². The van der Waals surface area contributed by atoms with E-state index in [2.05, 4.69) is 74.5 Å². The average Bonchev–Trinajstić information content (AvgIpc) is 3.36. The number of fused-ring (bicyclic) bond motifs is 1. The monoisotopic (exact) mass is 433 g/mol. The van der Waals surface area contributed by atoms with Crippen LogP contribution in [0, 0.1) is 0 Å². The van der Waals surface area contributed by atoms with Crippen LogP contribution in [0.2, 0.25) is 0 Å². The molecule has 1 N–H and O–H groups in total. The first-order valence-corrected chi connectivity index (χ1v) is 11.7. The fourth-order valence-corrected chi connectivity index (χ4v) is 5.44. The molecule has 1 aliphatic rings. The van der Waals surface area contributed by atoms with Crippen molar-refractivity contribution in [3.63, 3.8) is 0 Å². The topological polar surface area (TPSA) is 56.9 Å². The summed E-state index contributed by atoms with van der Waals surface area (Å²) < 4.78 is 1.60. The largest absolute Gasteiger partial charge is 0.492 e. The minimum absolute atomic E-state index is 0.00125. The Morgan fingerprint density at radius 1 is 0.968 bits per heavy atom. The zero-order valence-corrected chi connectivity index (χ0v) is 18.5. The van der Waals surface area contributed by atoms with E-state index in [0.717, 1.165) is 54.8 Å². The van der Waals surface area contributed by atoms with Gasteiger partial charge in [-0.05, 0) is 11.1 Å². The van der Waals surface area contributed by atoms with Crippen LogP contribution in [0.3, 0.4) is 0 Å². The second-order valence-corrected chi connectivity index (χ2v) is 8.99. The molecule has 7 heteroatoms. The highest BCUT2D eigenvalue weighted by Crippen LogP contribution is 2.40. The number of thiazole rings is 1. The Labute approximate surface area is 186 Å². The van der Waals surface area contributed by atoms with Gasteiger partial charge in [0.05, 0.1) is 10.9 Å². The summed E-state index contributed by atoms with van der Waals surface area (Å²) in [5.74, 6) is 0.978. The van der Waals surface area contributed by atoms with E-state index in [9.17, 15) is 5.11 Å². The first kappa shape index (κ1) is 20.2. The molecule has 1 saturated heterocycles. The Bertz CT molecular complexity index is 1130. The Morgan fingerprint density at radius 3 is 2.29 bits per heavy atom. The van der Waals surface area contributed by atoms with Gasteiger partial charge < -0.3 is 5.11 Å². The van der Waals surface area contributed by atoms with Gasteiger partial charge in [-0.1, -0.05) is 78.9 Å². The summed E-state index contributed by atoms with van der Waals surface area (Å²) in [5.41, 5.74) is 2.54. The molecule has 2 aromatic heterocycles. The maximum absolute atomic E-state index is 11.0. The number of aromatic hydroxyl groups is 1. The van der Waals surface area contributed by atoms with Crippen LogP contribution >= 0.6 is 11.3 Å². The quantitative estimate of drug-likeness (QED) is 0.499. The molecule has 2 aromatic carbocycles. The van der Waals surface area contributed by atoms with Gasteiger partial charge in [-0.15, -0.1) is 5.10 Å². The summed E-state index contributed by atoms with van der Waals surface area (Å²) in [5, 5.41) is 15.5. The lowest BCUT2D eigenvalue weighted by Crippen LogP contribution is -2.47. The molecule has 0 radical (unpaired) electrons. The molecule has 0 spiro atoms. The van der Waals surface area contributed by atoms with Crippen molar-refractivity contribution in [2.45, 2.75) is 25.9 Å². The average molecular weight is 434 g/mol. The van der Waals surface area contributed by atoms with E-state index in [0.29, 0.717) is 0 Å². The van der Waals surface area contributed by atoms with Crippen LogP contribution in [-0.2, 0) is 13.0 Å². The normalized spacial score (nSPS) is 16.7. The third-order valence-corrected chi connectivity index (χ3v) is 7.02. The van der Waals surface area contributed by atoms with E-state index < -0.39 is 0 Å². The highest BCUT2D eigenvalue weighted by Gasteiger charge is 2.31. The fraction of sp³-hybridized carbons (Fsp3) is 0.333. The molecule has 0 aliphatic carbocycles. The predicted octanol–water partition coefficient (Wildman–Crippen LogP) is 3.97. The number of hydrogen-bond acceptors (Lipinski definition) is 6. The molecule has 1 fully saturated rings. The fourth-order valence-electron chi connectivity index (χ4n) is 4.30. The SMILES string of the molecule is CCc1nc2sc(C(c3ccccc3)N3CCN(Cc4ccccc4)CC3)c(O)n2n1. The highest BCUT2D eigenvalue weighted by molar-refractivity contribution is 7.17. The summed E-state index contributed by atoms with van der Waals surface area (Å²) in [7, 11) is 0. The first-order valence-electron chi connectivity index (χ1n) is 10.9. The van der Waals surface area contributed by atoms with Crippen molar-refractivity contribution in [2.24, 2.45) is 0 Å². The summed E-state index contributed by atoms with van der Waals surface area (Å²) >= 11 is 1.54. The van der Waals surface area contributed by atoms with Crippen LogP contribution in [0.4, 0.5) is 0 Å². The van der Waals surface area contributed by atoms with Gasteiger partial charge in [0.2, 0.25) is 10.8 Å². The molecule has 3 heterocycles. The Morgan fingerprint density at radius 2 is 1.65 bits per heavy atom. The maximum atomic E-state index is 11.0. The van der Waals surface area contributed by atoms with Gasteiger partial charge in [0.25, 0.3) is 0 Å². The summed E-state index contributed by atoms with van der Waals surface area (Å²) in [6.45, 7) is 6.89. The van der Waals surface area contributed by atoms with E-state index in [-0.39, 0.29) is 11.9 Å². The lowest BCUT2D eigenvalue weighted by Gasteiger charge is -2.39. The van der Waals surface area contributed by atoms with Crippen molar-refractivity contribution in [1.82, 2.24) is 24.4 Å². The van der Waals surface area contributed by atoms with E-state index in [1.807, 2.05) is 13.0 Å². The van der Waals surface area contributed by atoms with Gasteiger partial charge in [0.1, 0.15) is 0 Å². The highest BCUT2D eigenvalue weighted by atomic mass is 32.1. The Balaban J connectivity index is 1.40. The van der Waals surface area contributed by atoms with Crippen molar-refractivity contribution in [1.29, 1.82) is 0 Å². The molecule has 0 saturated carbocycles. The lowest BCUT2D eigenvalue weighted by atomic mass is 10.0. The van der Waals surface area contributed by atoms with Crippen molar-refractivity contribution in [2.75, 3.05) is 26.2 Å². The second kappa shape index (κ2) is 8.78. The molecule has 1 atom stereocenters. The van der Waals surface area contributed by atoms with E-state index >= 15 is 0 Å². The van der Waals surface area contributed by atoms with Crippen LogP contribution < -0.4 is 0 Å². The number of piperazine rings is 1. The van der Waals surface area contributed by atoms with Gasteiger partial charge in [-0.2, -0.15) is 4.52 Å². The van der Waals surface area contributed by atoms with Gasteiger partial charge in [0.15, 0.2) is 5.82 Å². The number of benzene rings is 2. The molecule has 0 amide bonds. The van der Waals surface area contributed by atoms with Gasteiger partial charge >= 0.3 is 0 Å². The minimum atomic E-state index is -0.00125. The zero-order valence-electron chi connectivity index (χ0n) is 17.7. The number of aromatic nitrogens is 3. The summed E-state index contributed by atoms with van der Waals surface area (Å²) in [6.07, 6.45) is 0.759. The van der Waals surface area contributed by atoms with Crippen LogP contribution in [0.15, 0.2) is 60.7 Å². The first-order chi connectivity index (χ1) is 15.2. The minimum Gasteiger partial charge on any atom is -0.492 e. The van der Waals surface area contributed by atoms with Crippen LogP contribution in [0.5, 0.6) is 5.88 Å². The Kier molecular flexibility index (Phi) is 5.72. The number of rotatable bonds is 6. The molecule has 1 unspecified atom stereocenters. The predicted molar refractivity (Wildman–Crippen MR) is 123 cm³/mol. The molecule has 4 aromatic rings. The molecule has 1 aliphatic heterocycles. The van der Waals surface area contributed by atoms with Crippen molar-refractivity contribution < 1.29 is 5.11 Å². The maximum Gasteiger partial charge on any atom is 0.230 e. The lowest BCUT2D eigenvalue weighted by molar-refractivity contribution is 0.105. The molecular formula is C24H27N5OS. The molecule has 160 valence electrons. The molecule has 31 heavy (non-hydrogen) atoms. The number of aryl methyl sites for hydroxylation is 1. The molecule has 0 bridgehead atoms. The van der Waals surface area contributed by atoms with Gasteiger partial charge in [-0.25, -0.2) is 4.98 Å². The summed E-state index contributed by atoms with van der Waals surface area (Å²) in [4.78, 5) is 11.2. The van der Waals surface area contributed by atoms with Crippen molar-refractivity contribution >= 4 is 16.3 Å². The third-order valence-electron chi connectivity index (χ3n) is 5.94. The third kappa shape index (κ3) is 4.08. The van der Waals surface area contributed by atoms with Gasteiger partial charge in [0, 0.05) is 39.1 Å². The van der Waals surface area contributed by atoms with Crippen LogP contribution in [-0.4, -0.2) is 55.7 Å².